The molecule has 0 spiro atoms. The number of rotatable bonds is 13. The molecule has 4 N–H and O–H groups in total. The van der Waals surface area contributed by atoms with Crippen LogP contribution in [0.5, 0.6) is 0 Å². The molecule has 2 amide bonds. The highest BCUT2D eigenvalue weighted by molar-refractivity contribution is 7.09. The van der Waals surface area contributed by atoms with Gasteiger partial charge in [0, 0.05) is 29.6 Å². The Bertz CT molecular complexity index is 1250. The van der Waals surface area contributed by atoms with Gasteiger partial charge < -0.3 is 25.3 Å². The third kappa shape index (κ3) is 9.34. The zero-order valence-electron chi connectivity index (χ0n) is 21.1. The molecule has 0 saturated heterocycles. The van der Waals surface area contributed by atoms with Gasteiger partial charge in [0.25, 0.3) is 5.91 Å². The van der Waals surface area contributed by atoms with Crippen molar-refractivity contribution in [2.75, 3.05) is 0 Å². The maximum Gasteiger partial charge on any atom is 0.389 e. The summed E-state index contributed by atoms with van der Waals surface area (Å²) in [6, 6.07) is 0.0833. The summed E-state index contributed by atoms with van der Waals surface area (Å²) in [6.45, 7) is 1.46. The minimum absolute atomic E-state index is 0.0658. The summed E-state index contributed by atoms with van der Waals surface area (Å²) >= 11 is 1.05. The van der Waals surface area contributed by atoms with Gasteiger partial charge >= 0.3 is 6.18 Å². The van der Waals surface area contributed by atoms with E-state index in [-0.39, 0.29) is 47.9 Å². The van der Waals surface area contributed by atoms with Crippen molar-refractivity contribution in [1.82, 2.24) is 20.6 Å². The van der Waals surface area contributed by atoms with Crippen molar-refractivity contribution >= 4 is 23.2 Å². The van der Waals surface area contributed by atoms with E-state index in [9.17, 15) is 41.8 Å². The van der Waals surface area contributed by atoms with Crippen LogP contribution in [-0.2, 0) is 4.79 Å². The maximum atomic E-state index is 13.5. The Balaban J connectivity index is 1.75. The molecule has 0 bridgehead atoms. The van der Waals surface area contributed by atoms with Crippen LogP contribution < -0.4 is 10.6 Å². The highest BCUT2D eigenvalue weighted by atomic mass is 32.1. The van der Waals surface area contributed by atoms with Crippen molar-refractivity contribution in [2.45, 2.75) is 69.5 Å². The van der Waals surface area contributed by atoms with Crippen molar-refractivity contribution < 1.29 is 46.2 Å². The lowest BCUT2D eigenvalue weighted by atomic mass is 10.0. The van der Waals surface area contributed by atoms with Crippen molar-refractivity contribution in [3.05, 3.63) is 58.4 Å². The molecule has 9 nitrogen and oxygen atoms in total. The number of aliphatic hydroxyl groups is 2. The van der Waals surface area contributed by atoms with Crippen LogP contribution in [0.25, 0.3) is 11.5 Å². The van der Waals surface area contributed by atoms with Gasteiger partial charge in [0.2, 0.25) is 17.6 Å². The molecule has 0 aliphatic rings. The number of thiazole rings is 1. The number of aliphatic hydroxyl groups excluding tert-OH is 2. The van der Waals surface area contributed by atoms with Crippen LogP contribution in [0.2, 0.25) is 0 Å². The molecule has 3 aromatic rings. The number of carbonyl (C=O) groups excluding carboxylic acids is 2. The molecular formula is C25H27F5N4O5S. The van der Waals surface area contributed by atoms with E-state index in [1.807, 2.05) is 0 Å². The zero-order chi connectivity index (χ0) is 29.4. The van der Waals surface area contributed by atoms with Crippen LogP contribution >= 0.6 is 11.3 Å². The molecule has 0 fully saturated rings. The van der Waals surface area contributed by atoms with Crippen molar-refractivity contribution in [1.29, 1.82) is 0 Å². The summed E-state index contributed by atoms with van der Waals surface area (Å²) in [5, 5.41) is 27.1. The Morgan fingerprint density at radius 3 is 2.35 bits per heavy atom. The quantitative estimate of drug-likeness (QED) is 0.218. The van der Waals surface area contributed by atoms with Gasteiger partial charge in [-0.1, -0.05) is 0 Å². The molecule has 40 heavy (non-hydrogen) atoms. The van der Waals surface area contributed by atoms with E-state index < -0.39 is 60.3 Å². The minimum atomic E-state index is -4.43. The number of halogens is 5. The first-order valence-electron chi connectivity index (χ1n) is 12.2. The zero-order valence-corrected chi connectivity index (χ0v) is 21.9. The number of benzene rings is 1. The second-order valence-corrected chi connectivity index (χ2v) is 10.0. The molecule has 218 valence electrons. The third-order valence-electron chi connectivity index (χ3n) is 5.72. The van der Waals surface area contributed by atoms with Crippen molar-refractivity contribution in [2.24, 2.45) is 0 Å². The molecule has 15 heteroatoms. The van der Waals surface area contributed by atoms with E-state index in [1.54, 1.807) is 5.38 Å². The van der Waals surface area contributed by atoms with Crippen LogP contribution in [0, 0.1) is 11.6 Å². The molecular weight excluding hydrogens is 563 g/mol. The summed E-state index contributed by atoms with van der Waals surface area (Å²) in [4.78, 5) is 33.8. The topological polar surface area (TPSA) is 138 Å². The number of aromatic nitrogens is 2. The lowest BCUT2D eigenvalue weighted by molar-refractivity contribution is -0.136. The average Bonchev–Trinajstić information content (AvgIpc) is 3.57. The van der Waals surface area contributed by atoms with E-state index in [2.05, 4.69) is 20.6 Å². The van der Waals surface area contributed by atoms with Gasteiger partial charge in [-0.2, -0.15) is 13.2 Å². The van der Waals surface area contributed by atoms with Gasteiger partial charge in [-0.15, -0.1) is 11.3 Å². The predicted molar refractivity (Wildman–Crippen MR) is 133 cm³/mol. The van der Waals surface area contributed by atoms with Crippen molar-refractivity contribution in [3.63, 3.8) is 0 Å². The van der Waals surface area contributed by atoms with Crippen LogP contribution in [0.3, 0.4) is 0 Å². The lowest BCUT2D eigenvalue weighted by Gasteiger charge is -2.26. The molecule has 0 aliphatic heterocycles. The molecule has 0 radical (unpaired) electrons. The summed E-state index contributed by atoms with van der Waals surface area (Å²) in [7, 11) is 0. The molecule has 3 rings (SSSR count). The van der Waals surface area contributed by atoms with E-state index in [1.165, 1.54) is 13.1 Å². The number of alkyl halides is 3. The number of oxazole rings is 1. The van der Waals surface area contributed by atoms with E-state index in [0.717, 1.165) is 29.7 Å². The normalized spacial score (nSPS) is 14.8. The Morgan fingerprint density at radius 1 is 1.05 bits per heavy atom. The fourth-order valence-corrected chi connectivity index (χ4v) is 4.45. The van der Waals surface area contributed by atoms with Gasteiger partial charge in [0.1, 0.15) is 28.8 Å². The van der Waals surface area contributed by atoms with Gasteiger partial charge in [-0.3, -0.25) is 9.59 Å². The first kappa shape index (κ1) is 31.1. The minimum Gasteiger partial charge on any atom is -0.431 e. The largest absolute Gasteiger partial charge is 0.431 e. The smallest absolute Gasteiger partial charge is 0.389 e. The van der Waals surface area contributed by atoms with Gasteiger partial charge in [0.15, 0.2) is 0 Å². The summed E-state index contributed by atoms with van der Waals surface area (Å²) in [5.74, 6) is -4.18. The standard InChI is InChI=1S/C25H27F5N4O5S/c1-13(35)4-5-18(34-22(38)19-12-32-23(39-19)14-9-15(26)11-16(27)10-14)21(37)33-17(3-2-6-25(28,29)30)20(36)24-31-7-8-40-24/h7-13,17-18,20,35-36H,2-6H2,1H3,(H,33,37)(H,34,38)/t13?,17-,18-,20?/m0/s1. The number of carbonyl (C=O) groups is 2. The van der Waals surface area contributed by atoms with Crippen LogP contribution in [0.1, 0.15) is 60.7 Å². The lowest BCUT2D eigenvalue weighted by Crippen LogP contribution is -2.51. The predicted octanol–water partition coefficient (Wildman–Crippen LogP) is 4.29. The SMILES string of the molecule is CC(O)CC[C@H](NC(=O)c1cnc(-c2cc(F)cc(F)c2)o1)C(=O)N[C@@H](CCCC(F)(F)F)C(O)c1nccs1. The molecule has 2 unspecified atom stereocenters. The molecule has 2 heterocycles. The summed E-state index contributed by atoms with van der Waals surface area (Å²) < 4.78 is 70.6. The average molecular weight is 591 g/mol. The fraction of sp³-hybridized carbons (Fsp3) is 0.440. The van der Waals surface area contributed by atoms with Gasteiger partial charge in [-0.05, 0) is 44.7 Å². The number of hydrogen-bond donors (Lipinski definition) is 4. The molecule has 0 saturated carbocycles. The van der Waals surface area contributed by atoms with Crippen LogP contribution in [0.15, 0.2) is 40.4 Å². The van der Waals surface area contributed by atoms with Gasteiger partial charge in [0.05, 0.1) is 18.3 Å². The van der Waals surface area contributed by atoms with E-state index in [0.29, 0.717) is 6.07 Å². The Kier molecular flexibility index (Phi) is 10.7. The first-order chi connectivity index (χ1) is 18.8. The number of nitrogens with zero attached hydrogens (tertiary/aromatic N) is 2. The fourth-order valence-electron chi connectivity index (χ4n) is 3.76. The van der Waals surface area contributed by atoms with E-state index >= 15 is 0 Å². The summed E-state index contributed by atoms with van der Waals surface area (Å²) in [6.07, 6.45) is -6.07. The van der Waals surface area contributed by atoms with Crippen LogP contribution in [0.4, 0.5) is 22.0 Å². The highest BCUT2D eigenvalue weighted by Crippen LogP contribution is 2.27. The number of hydrogen-bond acceptors (Lipinski definition) is 8. The van der Waals surface area contributed by atoms with Gasteiger partial charge in [-0.25, -0.2) is 18.7 Å². The summed E-state index contributed by atoms with van der Waals surface area (Å²) in [5.41, 5.74) is -0.0715. The Morgan fingerprint density at radius 2 is 1.75 bits per heavy atom. The van der Waals surface area contributed by atoms with E-state index in [4.69, 9.17) is 4.42 Å². The Hall–Kier alpha value is -3.43. The second kappa shape index (κ2) is 13.8. The van der Waals surface area contributed by atoms with Crippen molar-refractivity contribution in [3.8, 4) is 11.5 Å². The Labute approximate surface area is 229 Å². The highest BCUT2D eigenvalue weighted by Gasteiger charge is 2.32. The second-order valence-electron chi connectivity index (χ2n) is 9.08. The number of amides is 2. The number of nitrogens with one attached hydrogen (secondary N) is 2. The molecule has 0 aliphatic carbocycles. The third-order valence-corrected chi connectivity index (χ3v) is 6.57. The maximum absolute atomic E-state index is 13.5. The molecule has 1 aromatic carbocycles. The first-order valence-corrected chi connectivity index (χ1v) is 13.1. The molecule has 2 aromatic heterocycles. The van der Waals surface area contributed by atoms with Crippen LogP contribution in [-0.4, -0.2) is 56.4 Å². The molecule has 4 atom stereocenters. The monoisotopic (exact) mass is 590 g/mol.